The molecule has 0 atom stereocenters. The van der Waals surface area contributed by atoms with Gasteiger partial charge in [-0.25, -0.2) is 9.98 Å². The van der Waals surface area contributed by atoms with Crippen LogP contribution in [-0.4, -0.2) is 29.9 Å². The molecule has 0 bridgehead atoms. The van der Waals surface area contributed by atoms with Crippen molar-refractivity contribution < 1.29 is 4.79 Å². The Labute approximate surface area is 178 Å². The van der Waals surface area contributed by atoms with Gasteiger partial charge in [-0.2, -0.15) is 0 Å². The summed E-state index contributed by atoms with van der Waals surface area (Å²) >= 11 is 5.82. The molecule has 2 rings (SSSR count). The van der Waals surface area contributed by atoms with Crippen molar-refractivity contribution in [3.8, 4) is 0 Å². The first kappa shape index (κ1) is 22.7. The van der Waals surface area contributed by atoms with Gasteiger partial charge in [0, 0.05) is 31.4 Å². The second-order valence-corrected chi connectivity index (χ2v) is 7.59. The number of nitrogens with one attached hydrogen (secondary N) is 3. The van der Waals surface area contributed by atoms with E-state index in [1.165, 1.54) is 0 Å². The van der Waals surface area contributed by atoms with Gasteiger partial charge in [-0.15, -0.1) is 0 Å². The number of hydrogen-bond donors (Lipinski definition) is 3. The minimum Gasteiger partial charge on any atom is -0.357 e. The van der Waals surface area contributed by atoms with Crippen molar-refractivity contribution in [1.82, 2.24) is 15.6 Å². The molecule has 1 aromatic carbocycles. The molecule has 156 valence electrons. The highest BCUT2D eigenvalue weighted by molar-refractivity contribution is 6.29. The third-order valence-corrected chi connectivity index (χ3v) is 4.29. The predicted octanol–water partition coefficient (Wildman–Crippen LogP) is 4.02. The molecule has 6 nitrogen and oxygen atoms in total. The molecule has 1 amide bonds. The van der Waals surface area contributed by atoms with Crippen LogP contribution in [-0.2, 0) is 17.8 Å². The van der Waals surface area contributed by atoms with Gasteiger partial charge in [-0.3, -0.25) is 4.79 Å². The number of halogens is 1. The summed E-state index contributed by atoms with van der Waals surface area (Å²) in [6.07, 6.45) is 3.12. The fourth-order valence-corrected chi connectivity index (χ4v) is 2.83. The van der Waals surface area contributed by atoms with Gasteiger partial charge in [0.2, 0.25) is 5.91 Å². The number of amides is 1. The molecule has 0 saturated heterocycles. The quantitative estimate of drug-likeness (QED) is 0.328. The molecule has 2 aromatic rings. The lowest BCUT2D eigenvalue weighted by Crippen LogP contribution is -2.38. The highest BCUT2D eigenvalue weighted by Crippen LogP contribution is 2.13. The van der Waals surface area contributed by atoms with E-state index < -0.39 is 0 Å². The number of benzene rings is 1. The standard InChI is InChI=1S/C22H30ClN5O/c1-4-24-22(25-11-10-17-8-9-20(23)26-14-17)27-15-18-6-5-7-19(13-18)28-21(29)12-16(2)3/h5-9,13-14,16H,4,10-12,15H2,1-3H3,(H,28,29)(H2,24,25,27). The van der Waals surface area contributed by atoms with E-state index in [0.29, 0.717) is 24.0 Å². The molecule has 7 heteroatoms. The Hall–Kier alpha value is -2.60. The van der Waals surface area contributed by atoms with Crippen molar-refractivity contribution in [1.29, 1.82) is 0 Å². The van der Waals surface area contributed by atoms with Crippen molar-refractivity contribution in [3.63, 3.8) is 0 Å². The Morgan fingerprint density at radius 3 is 2.69 bits per heavy atom. The third-order valence-electron chi connectivity index (χ3n) is 4.06. The molecule has 1 heterocycles. The van der Waals surface area contributed by atoms with E-state index in [9.17, 15) is 4.79 Å². The number of carbonyl (C=O) groups is 1. The lowest BCUT2D eigenvalue weighted by molar-refractivity contribution is -0.116. The summed E-state index contributed by atoms with van der Waals surface area (Å²) in [7, 11) is 0. The van der Waals surface area contributed by atoms with Crippen LogP contribution in [0.25, 0.3) is 0 Å². The van der Waals surface area contributed by atoms with Crippen LogP contribution < -0.4 is 16.0 Å². The molecule has 0 aliphatic carbocycles. The Morgan fingerprint density at radius 2 is 2.00 bits per heavy atom. The van der Waals surface area contributed by atoms with Crippen molar-refractivity contribution >= 4 is 29.2 Å². The number of guanidine groups is 1. The van der Waals surface area contributed by atoms with E-state index in [4.69, 9.17) is 11.6 Å². The van der Waals surface area contributed by atoms with Gasteiger partial charge in [-0.1, -0.05) is 43.6 Å². The van der Waals surface area contributed by atoms with Crippen molar-refractivity contribution in [2.24, 2.45) is 10.9 Å². The second-order valence-electron chi connectivity index (χ2n) is 7.21. The van der Waals surface area contributed by atoms with E-state index in [1.54, 1.807) is 12.3 Å². The Bertz CT molecular complexity index is 805. The summed E-state index contributed by atoms with van der Waals surface area (Å²) < 4.78 is 0. The van der Waals surface area contributed by atoms with Crippen LogP contribution in [0.4, 0.5) is 5.69 Å². The van der Waals surface area contributed by atoms with E-state index in [1.807, 2.05) is 51.1 Å². The number of anilines is 1. The van der Waals surface area contributed by atoms with Crippen LogP contribution in [0.3, 0.4) is 0 Å². The first-order chi connectivity index (χ1) is 14.0. The number of hydrogen-bond acceptors (Lipinski definition) is 3. The first-order valence-electron chi connectivity index (χ1n) is 9.97. The monoisotopic (exact) mass is 415 g/mol. The van der Waals surface area contributed by atoms with Crippen LogP contribution in [0.15, 0.2) is 47.6 Å². The maximum absolute atomic E-state index is 12.0. The molecular formula is C22H30ClN5O. The Morgan fingerprint density at radius 1 is 1.17 bits per heavy atom. The summed E-state index contributed by atoms with van der Waals surface area (Å²) in [5, 5.41) is 10.0. The Kier molecular flexibility index (Phi) is 9.44. The zero-order chi connectivity index (χ0) is 21.1. The SMILES string of the molecule is CCNC(=NCc1cccc(NC(=O)CC(C)C)c1)NCCc1ccc(Cl)nc1. The minimum absolute atomic E-state index is 0.0346. The number of pyridine rings is 1. The van der Waals surface area contributed by atoms with Crippen molar-refractivity contribution in [2.45, 2.75) is 40.2 Å². The number of aromatic nitrogens is 1. The zero-order valence-electron chi connectivity index (χ0n) is 17.3. The normalized spacial score (nSPS) is 11.4. The van der Waals surface area contributed by atoms with E-state index >= 15 is 0 Å². The molecule has 0 fully saturated rings. The summed E-state index contributed by atoms with van der Waals surface area (Å²) in [6.45, 7) is 8.13. The summed E-state index contributed by atoms with van der Waals surface area (Å²) in [6, 6.07) is 11.6. The van der Waals surface area contributed by atoms with E-state index in [0.717, 1.165) is 42.3 Å². The van der Waals surface area contributed by atoms with Crippen molar-refractivity contribution in [2.75, 3.05) is 18.4 Å². The number of aliphatic imine (C=N–C) groups is 1. The number of carbonyl (C=O) groups excluding carboxylic acids is 1. The number of nitrogens with zero attached hydrogens (tertiary/aromatic N) is 2. The van der Waals surface area contributed by atoms with Crippen LogP contribution in [0.5, 0.6) is 0 Å². The number of rotatable bonds is 9. The average molecular weight is 416 g/mol. The third kappa shape index (κ3) is 8.96. The fraction of sp³-hybridized carbons (Fsp3) is 0.409. The topological polar surface area (TPSA) is 78.4 Å². The van der Waals surface area contributed by atoms with Gasteiger partial charge in [0.05, 0.1) is 6.54 Å². The average Bonchev–Trinajstić information content (AvgIpc) is 2.67. The summed E-state index contributed by atoms with van der Waals surface area (Å²) in [5.41, 5.74) is 2.95. The predicted molar refractivity (Wildman–Crippen MR) is 120 cm³/mol. The molecule has 0 aliphatic rings. The lowest BCUT2D eigenvalue weighted by atomic mass is 10.1. The first-order valence-corrected chi connectivity index (χ1v) is 10.4. The highest BCUT2D eigenvalue weighted by atomic mass is 35.5. The lowest BCUT2D eigenvalue weighted by Gasteiger charge is -2.12. The van der Waals surface area contributed by atoms with Crippen LogP contribution >= 0.6 is 11.6 Å². The van der Waals surface area contributed by atoms with E-state index in [2.05, 4.69) is 25.9 Å². The van der Waals surface area contributed by atoms with Gasteiger partial charge in [0.25, 0.3) is 0 Å². The van der Waals surface area contributed by atoms with Gasteiger partial charge >= 0.3 is 0 Å². The largest absolute Gasteiger partial charge is 0.357 e. The molecule has 0 aliphatic heterocycles. The zero-order valence-corrected chi connectivity index (χ0v) is 18.1. The van der Waals surface area contributed by atoms with Gasteiger partial charge in [0.15, 0.2) is 5.96 Å². The maximum Gasteiger partial charge on any atom is 0.224 e. The van der Waals surface area contributed by atoms with Gasteiger partial charge in [-0.05, 0) is 48.6 Å². The second kappa shape index (κ2) is 12.1. The molecule has 0 unspecified atom stereocenters. The van der Waals surface area contributed by atoms with Gasteiger partial charge < -0.3 is 16.0 Å². The summed E-state index contributed by atoms with van der Waals surface area (Å²) in [5.74, 6) is 1.12. The van der Waals surface area contributed by atoms with Crippen LogP contribution in [0.1, 0.15) is 38.3 Å². The fourth-order valence-electron chi connectivity index (χ4n) is 2.72. The molecule has 0 saturated carbocycles. The van der Waals surface area contributed by atoms with Gasteiger partial charge in [0.1, 0.15) is 5.15 Å². The molecule has 3 N–H and O–H groups in total. The smallest absolute Gasteiger partial charge is 0.224 e. The maximum atomic E-state index is 12.0. The van der Waals surface area contributed by atoms with Crippen molar-refractivity contribution in [3.05, 3.63) is 58.9 Å². The summed E-state index contributed by atoms with van der Waals surface area (Å²) in [4.78, 5) is 20.7. The van der Waals surface area contributed by atoms with Crippen LogP contribution in [0.2, 0.25) is 5.15 Å². The molecule has 29 heavy (non-hydrogen) atoms. The van der Waals surface area contributed by atoms with Crippen LogP contribution in [0, 0.1) is 5.92 Å². The molecule has 0 spiro atoms. The Balaban J connectivity index is 1.90. The highest BCUT2D eigenvalue weighted by Gasteiger charge is 2.06. The molecular weight excluding hydrogens is 386 g/mol. The van der Waals surface area contributed by atoms with E-state index in [-0.39, 0.29) is 5.91 Å². The molecule has 0 radical (unpaired) electrons. The minimum atomic E-state index is 0.0346. The molecule has 1 aromatic heterocycles.